The molecule has 2 N–H and O–H groups in total. The molecule has 0 amide bonds. The molecular formula is C12H14O3. The second-order valence-corrected chi connectivity index (χ2v) is 4.56. The van der Waals surface area contributed by atoms with Crippen LogP contribution in [-0.4, -0.2) is 23.4 Å². The summed E-state index contributed by atoms with van der Waals surface area (Å²) in [4.78, 5) is 0. The summed E-state index contributed by atoms with van der Waals surface area (Å²) in [5, 5.41) is 19.7. The van der Waals surface area contributed by atoms with Crippen LogP contribution < -0.4 is 0 Å². The van der Waals surface area contributed by atoms with Crippen LogP contribution in [0, 0.1) is 5.41 Å². The number of aliphatic hydroxyl groups excluding tert-OH is 2. The third-order valence-corrected chi connectivity index (χ3v) is 3.70. The van der Waals surface area contributed by atoms with Gasteiger partial charge < -0.3 is 14.9 Å². The predicted molar refractivity (Wildman–Crippen MR) is 54.2 cm³/mol. The Morgan fingerprint density at radius 3 is 2.80 bits per heavy atom. The molecule has 0 unspecified atom stereocenters. The molecule has 15 heavy (non-hydrogen) atoms. The van der Waals surface area contributed by atoms with Gasteiger partial charge in [0.15, 0.2) is 0 Å². The summed E-state index contributed by atoms with van der Waals surface area (Å²) >= 11 is 0. The molecule has 3 nitrogen and oxygen atoms in total. The third-order valence-electron chi connectivity index (χ3n) is 3.70. The minimum atomic E-state index is -0.600. The fraction of sp³-hybridized carbons (Fsp3) is 0.500. The lowest BCUT2D eigenvalue weighted by Crippen LogP contribution is -2.35. The average Bonchev–Trinajstić information content (AvgIpc) is 2.69. The number of hydrogen-bond acceptors (Lipinski definition) is 3. The molecular weight excluding hydrogens is 192 g/mol. The maximum Gasteiger partial charge on any atom is 0.0895 e. The van der Waals surface area contributed by atoms with Gasteiger partial charge in [-0.1, -0.05) is 24.3 Å². The van der Waals surface area contributed by atoms with Gasteiger partial charge in [0.25, 0.3) is 0 Å². The molecule has 0 aromatic heterocycles. The second kappa shape index (κ2) is 3.04. The first-order valence-electron chi connectivity index (χ1n) is 5.26. The first kappa shape index (κ1) is 9.33. The fourth-order valence-corrected chi connectivity index (χ4v) is 2.72. The van der Waals surface area contributed by atoms with Crippen molar-refractivity contribution < 1.29 is 14.9 Å². The number of fused-ring (bicyclic) bond motifs is 4. The summed E-state index contributed by atoms with van der Waals surface area (Å²) in [6, 6.07) is 7.79. The van der Waals surface area contributed by atoms with Crippen LogP contribution in [0.25, 0.3) is 0 Å². The third kappa shape index (κ3) is 1.11. The molecule has 1 aliphatic heterocycles. The van der Waals surface area contributed by atoms with E-state index in [-0.39, 0.29) is 12.7 Å². The zero-order chi connectivity index (χ0) is 10.5. The van der Waals surface area contributed by atoms with Crippen molar-refractivity contribution in [2.75, 3.05) is 13.2 Å². The smallest absolute Gasteiger partial charge is 0.0895 e. The van der Waals surface area contributed by atoms with Crippen molar-refractivity contribution in [1.82, 2.24) is 0 Å². The second-order valence-electron chi connectivity index (χ2n) is 4.56. The highest BCUT2D eigenvalue weighted by atomic mass is 16.5. The van der Waals surface area contributed by atoms with Gasteiger partial charge >= 0.3 is 0 Å². The molecule has 80 valence electrons. The molecule has 0 radical (unpaired) electrons. The quantitative estimate of drug-likeness (QED) is 0.725. The van der Waals surface area contributed by atoms with Gasteiger partial charge in [-0.05, 0) is 17.5 Å². The normalized spacial score (nSPS) is 37.7. The number of ether oxygens (including phenoxy) is 1. The van der Waals surface area contributed by atoms with E-state index in [4.69, 9.17) is 4.74 Å². The van der Waals surface area contributed by atoms with Crippen LogP contribution in [0.4, 0.5) is 0 Å². The van der Waals surface area contributed by atoms with E-state index in [9.17, 15) is 10.2 Å². The summed E-state index contributed by atoms with van der Waals surface area (Å²) in [6.07, 6.45) is 0.177. The van der Waals surface area contributed by atoms with Crippen molar-refractivity contribution in [2.45, 2.75) is 18.6 Å². The molecule has 3 rings (SSSR count). The first-order valence-corrected chi connectivity index (χ1v) is 5.26. The SMILES string of the molecule is OC[C@@]12CO[C@@H](C1)c1ccccc1[C@@H]2O. The fourth-order valence-electron chi connectivity index (χ4n) is 2.72. The van der Waals surface area contributed by atoms with Gasteiger partial charge in [-0.15, -0.1) is 0 Å². The van der Waals surface area contributed by atoms with E-state index in [0.717, 1.165) is 17.5 Å². The summed E-state index contributed by atoms with van der Waals surface area (Å²) in [7, 11) is 0. The highest BCUT2D eigenvalue weighted by Gasteiger charge is 2.51. The van der Waals surface area contributed by atoms with Crippen LogP contribution >= 0.6 is 0 Å². The van der Waals surface area contributed by atoms with Crippen molar-refractivity contribution in [2.24, 2.45) is 5.41 Å². The Morgan fingerprint density at radius 1 is 1.33 bits per heavy atom. The van der Waals surface area contributed by atoms with Gasteiger partial charge in [-0.25, -0.2) is 0 Å². The monoisotopic (exact) mass is 206 g/mol. The molecule has 1 aliphatic carbocycles. The summed E-state index contributed by atoms with van der Waals surface area (Å²) in [6.45, 7) is 0.434. The number of rotatable bonds is 1. The van der Waals surface area contributed by atoms with Crippen molar-refractivity contribution in [3.8, 4) is 0 Å². The highest BCUT2D eigenvalue weighted by Crippen LogP contribution is 2.54. The van der Waals surface area contributed by atoms with E-state index in [2.05, 4.69) is 0 Å². The van der Waals surface area contributed by atoms with Crippen LogP contribution in [0.1, 0.15) is 29.8 Å². The molecule has 3 heteroatoms. The number of hydrogen-bond donors (Lipinski definition) is 2. The van der Waals surface area contributed by atoms with Crippen molar-refractivity contribution in [3.05, 3.63) is 35.4 Å². The van der Waals surface area contributed by atoms with E-state index in [1.54, 1.807) is 0 Å². The van der Waals surface area contributed by atoms with Crippen LogP contribution in [0.15, 0.2) is 24.3 Å². The van der Waals surface area contributed by atoms with Crippen LogP contribution in [0.5, 0.6) is 0 Å². The molecule has 0 spiro atoms. The van der Waals surface area contributed by atoms with Crippen LogP contribution in [-0.2, 0) is 4.74 Å². The first-order chi connectivity index (χ1) is 7.27. The summed E-state index contributed by atoms with van der Waals surface area (Å²) < 4.78 is 5.65. The topological polar surface area (TPSA) is 49.7 Å². The number of benzene rings is 1. The van der Waals surface area contributed by atoms with E-state index < -0.39 is 11.5 Å². The molecule has 1 fully saturated rings. The molecule has 1 aromatic carbocycles. The van der Waals surface area contributed by atoms with Crippen molar-refractivity contribution in [3.63, 3.8) is 0 Å². The van der Waals surface area contributed by atoms with Gasteiger partial charge in [0.2, 0.25) is 0 Å². The minimum Gasteiger partial charge on any atom is -0.396 e. The predicted octanol–water partition coefficient (Wildman–Crippen LogP) is 1.17. The van der Waals surface area contributed by atoms with E-state index in [0.29, 0.717) is 6.61 Å². The Bertz CT molecular complexity index is 390. The molecule has 1 saturated heterocycles. The average molecular weight is 206 g/mol. The Kier molecular flexibility index (Phi) is 1.89. The van der Waals surface area contributed by atoms with Crippen LogP contribution in [0.3, 0.4) is 0 Å². The maximum atomic E-state index is 10.3. The molecule has 2 bridgehead atoms. The lowest BCUT2D eigenvalue weighted by molar-refractivity contribution is -0.0234. The summed E-state index contributed by atoms with van der Waals surface area (Å²) in [5.41, 5.74) is 1.52. The maximum absolute atomic E-state index is 10.3. The van der Waals surface area contributed by atoms with Gasteiger partial charge in [-0.3, -0.25) is 0 Å². The standard InChI is InChI=1S/C12H14O3/c13-6-12-5-10(15-7-12)8-3-1-2-4-9(8)11(12)14/h1-4,10-11,13-14H,5-7H2/t10-,11-,12+/m0/s1. The zero-order valence-electron chi connectivity index (χ0n) is 8.39. The van der Waals surface area contributed by atoms with E-state index >= 15 is 0 Å². The molecule has 1 heterocycles. The number of aliphatic hydroxyl groups is 2. The lowest BCUT2D eigenvalue weighted by atomic mass is 9.71. The lowest BCUT2D eigenvalue weighted by Gasteiger charge is -2.35. The van der Waals surface area contributed by atoms with E-state index in [1.807, 2.05) is 24.3 Å². The Hall–Kier alpha value is -0.900. The molecule has 2 aliphatic rings. The Morgan fingerprint density at radius 2 is 2.07 bits per heavy atom. The summed E-state index contributed by atoms with van der Waals surface area (Å²) in [5.74, 6) is 0. The largest absolute Gasteiger partial charge is 0.396 e. The van der Waals surface area contributed by atoms with Gasteiger partial charge in [0, 0.05) is 5.41 Å². The van der Waals surface area contributed by atoms with Crippen molar-refractivity contribution in [1.29, 1.82) is 0 Å². The zero-order valence-corrected chi connectivity index (χ0v) is 8.39. The molecule has 1 aromatic rings. The van der Waals surface area contributed by atoms with Gasteiger partial charge in [0.05, 0.1) is 25.4 Å². The Balaban J connectivity index is 2.14. The molecule has 3 atom stereocenters. The van der Waals surface area contributed by atoms with Gasteiger partial charge in [0.1, 0.15) is 0 Å². The van der Waals surface area contributed by atoms with Crippen LogP contribution in [0.2, 0.25) is 0 Å². The minimum absolute atomic E-state index is 0.0149. The van der Waals surface area contributed by atoms with Gasteiger partial charge in [-0.2, -0.15) is 0 Å². The molecule has 0 saturated carbocycles. The Labute approximate surface area is 88.3 Å². The van der Waals surface area contributed by atoms with E-state index in [1.165, 1.54) is 0 Å². The van der Waals surface area contributed by atoms with Crippen molar-refractivity contribution >= 4 is 0 Å². The highest BCUT2D eigenvalue weighted by molar-refractivity contribution is 5.36.